The van der Waals surface area contributed by atoms with Gasteiger partial charge in [-0.1, -0.05) is 12.1 Å². The van der Waals surface area contributed by atoms with Crippen LogP contribution in [0, 0.1) is 3.57 Å². The van der Waals surface area contributed by atoms with Crippen LogP contribution in [0.4, 0.5) is 0 Å². The molecule has 0 spiro atoms. The third kappa shape index (κ3) is 2.33. The SMILES string of the molecule is CCN(C(=O)c1ccccc1I)C1CC1. The molecule has 2 rings (SSSR count). The highest BCUT2D eigenvalue weighted by molar-refractivity contribution is 14.1. The summed E-state index contributed by atoms with van der Waals surface area (Å²) in [4.78, 5) is 14.2. The maximum Gasteiger partial charge on any atom is 0.255 e. The number of carbonyl (C=O) groups is 1. The Morgan fingerprint density at radius 1 is 1.47 bits per heavy atom. The number of amides is 1. The van der Waals surface area contributed by atoms with E-state index in [0.717, 1.165) is 15.7 Å². The van der Waals surface area contributed by atoms with E-state index in [0.29, 0.717) is 6.04 Å². The van der Waals surface area contributed by atoms with E-state index in [4.69, 9.17) is 0 Å². The van der Waals surface area contributed by atoms with E-state index in [1.165, 1.54) is 12.8 Å². The molecule has 1 aliphatic carbocycles. The van der Waals surface area contributed by atoms with Crippen LogP contribution < -0.4 is 0 Å². The Morgan fingerprint density at radius 3 is 2.67 bits per heavy atom. The summed E-state index contributed by atoms with van der Waals surface area (Å²) >= 11 is 2.22. The standard InChI is InChI=1S/C12H14INO/c1-2-14(9-7-8-9)12(15)10-5-3-4-6-11(10)13/h3-6,9H,2,7-8H2,1H3. The van der Waals surface area contributed by atoms with Crippen molar-refractivity contribution in [1.29, 1.82) is 0 Å². The van der Waals surface area contributed by atoms with Crippen molar-refractivity contribution in [3.8, 4) is 0 Å². The highest BCUT2D eigenvalue weighted by atomic mass is 127. The second-order valence-electron chi connectivity index (χ2n) is 3.80. The van der Waals surface area contributed by atoms with Gasteiger partial charge in [0.25, 0.3) is 5.91 Å². The average Bonchev–Trinajstić information content (AvgIpc) is 3.03. The van der Waals surface area contributed by atoms with Crippen molar-refractivity contribution in [2.75, 3.05) is 6.54 Å². The lowest BCUT2D eigenvalue weighted by Crippen LogP contribution is -2.33. The topological polar surface area (TPSA) is 20.3 Å². The molecule has 80 valence electrons. The third-order valence-electron chi connectivity index (χ3n) is 2.69. The first kappa shape index (κ1) is 10.9. The maximum absolute atomic E-state index is 12.2. The van der Waals surface area contributed by atoms with Gasteiger partial charge in [-0.2, -0.15) is 0 Å². The number of hydrogen-bond acceptors (Lipinski definition) is 1. The van der Waals surface area contributed by atoms with Crippen molar-refractivity contribution in [3.05, 3.63) is 33.4 Å². The van der Waals surface area contributed by atoms with Gasteiger partial charge in [-0.3, -0.25) is 4.79 Å². The Bertz CT molecular complexity index is 374. The quantitative estimate of drug-likeness (QED) is 0.786. The molecule has 0 bridgehead atoms. The first-order chi connectivity index (χ1) is 7.24. The highest BCUT2D eigenvalue weighted by Crippen LogP contribution is 2.28. The molecule has 15 heavy (non-hydrogen) atoms. The summed E-state index contributed by atoms with van der Waals surface area (Å²) in [6.45, 7) is 2.86. The van der Waals surface area contributed by atoms with Gasteiger partial charge in [0.05, 0.1) is 5.56 Å². The van der Waals surface area contributed by atoms with E-state index in [1.807, 2.05) is 36.1 Å². The van der Waals surface area contributed by atoms with Crippen LogP contribution in [-0.2, 0) is 0 Å². The highest BCUT2D eigenvalue weighted by Gasteiger charge is 2.32. The fourth-order valence-electron chi connectivity index (χ4n) is 1.74. The summed E-state index contributed by atoms with van der Waals surface area (Å²) in [5, 5.41) is 0. The van der Waals surface area contributed by atoms with Crippen molar-refractivity contribution in [3.63, 3.8) is 0 Å². The van der Waals surface area contributed by atoms with Gasteiger partial charge < -0.3 is 4.90 Å². The molecular formula is C12H14INO. The first-order valence-electron chi connectivity index (χ1n) is 5.29. The fraction of sp³-hybridized carbons (Fsp3) is 0.417. The van der Waals surface area contributed by atoms with Crippen LogP contribution in [0.1, 0.15) is 30.1 Å². The van der Waals surface area contributed by atoms with Gasteiger partial charge >= 0.3 is 0 Å². The molecule has 0 atom stereocenters. The number of carbonyl (C=O) groups excluding carboxylic acids is 1. The van der Waals surface area contributed by atoms with Gasteiger partial charge in [0.2, 0.25) is 0 Å². The van der Waals surface area contributed by atoms with Gasteiger partial charge in [0, 0.05) is 16.2 Å². The first-order valence-corrected chi connectivity index (χ1v) is 6.37. The van der Waals surface area contributed by atoms with Crippen LogP contribution in [0.2, 0.25) is 0 Å². The second-order valence-corrected chi connectivity index (χ2v) is 4.96. The monoisotopic (exact) mass is 315 g/mol. The maximum atomic E-state index is 12.2. The van der Waals surface area contributed by atoms with Crippen molar-refractivity contribution < 1.29 is 4.79 Å². The van der Waals surface area contributed by atoms with E-state index >= 15 is 0 Å². The third-order valence-corrected chi connectivity index (χ3v) is 3.63. The molecule has 1 aliphatic rings. The average molecular weight is 315 g/mol. The molecule has 3 heteroatoms. The number of benzene rings is 1. The summed E-state index contributed by atoms with van der Waals surface area (Å²) in [6, 6.07) is 8.28. The van der Waals surface area contributed by atoms with Crippen LogP contribution in [0.25, 0.3) is 0 Å². The van der Waals surface area contributed by atoms with Gasteiger partial charge in [-0.25, -0.2) is 0 Å². The van der Waals surface area contributed by atoms with E-state index in [9.17, 15) is 4.79 Å². The van der Waals surface area contributed by atoms with E-state index in [1.54, 1.807) is 0 Å². The molecule has 0 N–H and O–H groups in total. The van der Waals surface area contributed by atoms with Crippen molar-refractivity contribution in [2.45, 2.75) is 25.8 Å². The lowest BCUT2D eigenvalue weighted by Gasteiger charge is -2.20. The minimum atomic E-state index is 0.185. The Hall–Kier alpha value is -0.580. The lowest BCUT2D eigenvalue weighted by atomic mass is 10.2. The molecule has 1 amide bonds. The molecular weight excluding hydrogens is 301 g/mol. The van der Waals surface area contributed by atoms with Crippen molar-refractivity contribution >= 4 is 28.5 Å². The molecule has 0 unspecified atom stereocenters. The molecule has 1 fully saturated rings. The summed E-state index contributed by atoms with van der Waals surface area (Å²) in [7, 11) is 0. The fourth-order valence-corrected chi connectivity index (χ4v) is 2.36. The summed E-state index contributed by atoms with van der Waals surface area (Å²) < 4.78 is 1.04. The molecule has 0 aliphatic heterocycles. The Labute approximate surface area is 104 Å². The number of hydrogen-bond donors (Lipinski definition) is 0. The van der Waals surface area contributed by atoms with Crippen LogP contribution in [0.15, 0.2) is 24.3 Å². The molecule has 0 radical (unpaired) electrons. The Morgan fingerprint density at radius 2 is 2.13 bits per heavy atom. The van der Waals surface area contributed by atoms with Crippen molar-refractivity contribution in [1.82, 2.24) is 4.90 Å². The van der Waals surface area contributed by atoms with Crippen LogP contribution in [0.5, 0.6) is 0 Å². The van der Waals surface area contributed by atoms with Gasteiger partial charge in [-0.05, 0) is 54.5 Å². The molecule has 2 nitrogen and oxygen atoms in total. The van der Waals surface area contributed by atoms with Gasteiger partial charge in [0.15, 0.2) is 0 Å². The number of nitrogens with zero attached hydrogens (tertiary/aromatic N) is 1. The zero-order chi connectivity index (χ0) is 10.8. The van der Waals surface area contributed by atoms with E-state index in [-0.39, 0.29) is 5.91 Å². The molecule has 1 aromatic carbocycles. The Kier molecular flexibility index (Phi) is 3.29. The second kappa shape index (κ2) is 4.51. The number of halogens is 1. The van der Waals surface area contributed by atoms with Gasteiger partial charge in [0.1, 0.15) is 0 Å². The van der Waals surface area contributed by atoms with Crippen LogP contribution in [0.3, 0.4) is 0 Å². The smallest absolute Gasteiger partial charge is 0.255 e. The lowest BCUT2D eigenvalue weighted by molar-refractivity contribution is 0.0751. The zero-order valence-corrected chi connectivity index (χ0v) is 10.9. The minimum Gasteiger partial charge on any atom is -0.336 e. The van der Waals surface area contributed by atoms with Crippen LogP contribution in [-0.4, -0.2) is 23.4 Å². The molecule has 1 aromatic rings. The molecule has 0 aromatic heterocycles. The summed E-state index contributed by atoms with van der Waals surface area (Å²) in [5.74, 6) is 0.185. The van der Waals surface area contributed by atoms with E-state index < -0.39 is 0 Å². The van der Waals surface area contributed by atoms with Gasteiger partial charge in [-0.15, -0.1) is 0 Å². The van der Waals surface area contributed by atoms with Crippen LogP contribution >= 0.6 is 22.6 Å². The largest absolute Gasteiger partial charge is 0.336 e. The predicted molar refractivity (Wildman–Crippen MR) is 68.9 cm³/mol. The predicted octanol–water partition coefficient (Wildman–Crippen LogP) is 2.92. The zero-order valence-electron chi connectivity index (χ0n) is 8.74. The summed E-state index contributed by atoms with van der Waals surface area (Å²) in [5.41, 5.74) is 0.840. The summed E-state index contributed by atoms with van der Waals surface area (Å²) in [6.07, 6.45) is 2.34. The van der Waals surface area contributed by atoms with Crippen molar-refractivity contribution in [2.24, 2.45) is 0 Å². The number of rotatable bonds is 3. The Balaban J connectivity index is 2.22. The minimum absolute atomic E-state index is 0.185. The molecule has 1 saturated carbocycles. The molecule has 0 saturated heterocycles. The molecule has 0 heterocycles. The van der Waals surface area contributed by atoms with E-state index in [2.05, 4.69) is 22.6 Å². The normalized spacial score (nSPS) is 15.1.